The van der Waals surface area contributed by atoms with Gasteiger partial charge in [0.05, 0.1) is 24.9 Å². The second-order valence-corrected chi connectivity index (χ2v) is 8.31. The van der Waals surface area contributed by atoms with Crippen molar-refractivity contribution in [2.75, 3.05) is 7.11 Å². The molecule has 6 nitrogen and oxygen atoms in total. The molecule has 1 fully saturated rings. The molecule has 0 radical (unpaired) electrons. The number of hydrogen-bond donors (Lipinski definition) is 2. The highest BCUT2D eigenvalue weighted by atomic mass is 32.1. The zero-order valence-corrected chi connectivity index (χ0v) is 18.9. The van der Waals surface area contributed by atoms with E-state index in [1.54, 1.807) is 19.2 Å². The number of phenols is 1. The largest absolute Gasteiger partial charge is 0.508 e. The van der Waals surface area contributed by atoms with Gasteiger partial charge in [-0.1, -0.05) is 18.2 Å². The predicted molar refractivity (Wildman–Crippen MR) is 131 cm³/mol. The summed E-state index contributed by atoms with van der Waals surface area (Å²) in [6.07, 6.45) is 3.84. The maximum absolute atomic E-state index is 9.74. The van der Waals surface area contributed by atoms with Gasteiger partial charge in [0.1, 0.15) is 11.5 Å². The van der Waals surface area contributed by atoms with Crippen molar-refractivity contribution in [3.63, 3.8) is 0 Å². The fourth-order valence-electron chi connectivity index (χ4n) is 4.31. The Hall–Kier alpha value is -3.84. The Morgan fingerprint density at radius 2 is 1.79 bits per heavy atom. The lowest BCUT2D eigenvalue weighted by Gasteiger charge is -2.29. The van der Waals surface area contributed by atoms with Crippen LogP contribution in [-0.4, -0.2) is 31.8 Å². The lowest BCUT2D eigenvalue weighted by Crippen LogP contribution is -2.30. The zero-order chi connectivity index (χ0) is 22.8. The summed E-state index contributed by atoms with van der Waals surface area (Å²) in [6.45, 7) is 0.643. The Balaban J connectivity index is 1.57. The summed E-state index contributed by atoms with van der Waals surface area (Å²) in [7, 11) is 1.67. The molecule has 0 amide bonds. The number of ether oxygens (including phenoxy) is 1. The lowest BCUT2D eigenvalue weighted by atomic mass is 10.0. The molecule has 0 aliphatic carbocycles. The van der Waals surface area contributed by atoms with Crippen LogP contribution in [0.25, 0.3) is 5.69 Å². The third kappa shape index (κ3) is 4.15. The zero-order valence-electron chi connectivity index (χ0n) is 18.1. The second kappa shape index (κ2) is 8.96. The van der Waals surface area contributed by atoms with Gasteiger partial charge in [-0.05, 0) is 78.4 Å². The summed E-state index contributed by atoms with van der Waals surface area (Å²) in [4.78, 5) is 6.84. The predicted octanol–water partition coefficient (Wildman–Crippen LogP) is 4.76. The normalized spacial score (nSPS) is 17.7. The van der Waals surface area contributed by atoms with Crippen molar-refractivity contribution in [3.05, 3.63) is 108 Å². The molecular formula is C26H24N4O2S. The van der Waals surface area contributed by atoms with Crippen LogP contribution in [0.15, 0.2) is 91.3 Å². The van der Waals surface area contributed by atoms with E-state index in [2.05, 4.69) is 38.0 Å². The Bertz CT molecular complexity index is 1240. The van der Waals surface area contributed by atoms with E-state index < -0.39 is 0 Å². The van der Waals surface area contributed by atoms with Gasteiger partial charge in [-0.3, -0.25) is 4.98 Å². The third-order valence-corrected chi connectivity index (χ3v) is 6.27. The second-order valence-electron chi connectivity index (χ2n) is 7.92. The van der Waals surface area contributed by atoms with Crippen molar-refractivity contribution < 1.29 is 9.84 Å². The molecule has 7 heteroatoms. The van der Waals surface area contributed by atoms with Gasteiger partial charge >= 0.3 is 0 Å². The van der Waals surface area contributed by atoms with Gasteiger partial charge in [-0.25, -0.2) is 0 Å². The number of aromatic hydroxyl groups is 1. The van der Waals surface area contributed by atoms with Gasteiger partial charge in [0.15, 0.2) is 5.11 Å². The summed E-state index contributed by atoms with van der Waals surface area (Å²) in [6, 6.07) is 25.1. The van der Waals surface area contributed by atoms with Crippen molar-refractivity contribution in [2.24, 2.45) is 0 Å². The first-order valence-electron chi connectivity index (χ1n) is 10.7. The number of pyridine rings is 1. The van der Waals surface area contributed by atoms with Crippen LogP contribution in [0.1, 0.15) is 29.0 Å². The average Bonchev–Trinajstić information content (AvgIpc) is 3.45. The van der Waals surface area contributed by atoms with E-state index >= 15 is 0 Å². The maximum atomic E-state index is 9.74. The first kappa shape index (κ1) is 21.0. The van der Waals surface area contributed by atoms with E-state index in [9.17, 15) is 5.11 Å². The van der Waals surface area contributed by atoms with Crippen molar-refractivity contribution in [3.8, 4) is 17.2 Å². The maximum Gasteiger partial charge on any atom is 0.170 e. The highest BCUT2D eigenvalue weighted by molar-refractivity contribution is 7.80. The van der Waals surface area contributed by atoms with Crippen LogP contribution in [0.2, 0.25) is 0 Å². The summed E-state index contributed by atoms with van der Waals surface area (Å²) in [5, 5.41) is 13.9. The number of rotatable bonds is 6. The van der Waals surface area contributed by atoms with E-state index in [0.717, 1.165) is 28.4 Å². The first-order valence-corrected chi connectivity index (χ1v) is 11.1. The van der Waals surface area contributed by atoms with Gasteiger partial charge in [-0.15, -0.1) is 0 Å². The summed E-state index contributed by atoms with van der Waals surface area (Å²) in [5.41, 5.74) is 4.11. The first-order chi connectivity index (χ1) is 16.1. The van der Waals surface area contributed by atoms with Gasteiger partial charge in [-0.2, -0.15) is 0 Å². The number of phenolic OH excluding ortho intramolecular Hbond substituents is 1. The SMILES string of the molecule is COc1ccc(CN2C(=S)NC(c3ccccn3)C2c2cccn2-c2ccc(O)cc2)cc1. The number of methoxy groups -OCH3 is 1. The van der Waals surface area contributed by atoms with Crippen molar-refractivity contribution in [1.82, 2.24) is 19.8 Å². The lowest BCUT2D eigenvalue weighted by molar-refractivity contribution is 0.302. The number of aromatic nitrogens is 2. The third-order valence-electron chi connectivity index (χ3n) is 5.92. The van der Waals surface area contributed by atoms with Gasteiger partial charge < -0.3 is 24.6 Å². The number of nitrogens with one attached hydrogen (secondary N) is 1. The molecule has 1 saturated heterocycles. The van der Waals surface area contributed by atoms with Gasteiger partial charge in [0.2, 0.25) is 0 Å². The molecule has 5 rings (SSSR count). The highest BCUT2D eigenvalue weighted by Gasteiger charge is 2.41. The summed E-state index contributed by atoms with van der Waals surface area (Å²) < 4.78 is 7.44. The standard InChI is InChI=1S/C26H24N4O2S/c1-32-21-13-7-18(8-14-21)17-30-25(24(28-26(30)33)22-5-2-3-15-27-22)23-6-4-16-29(23)19-9-11-20(31)12-10-19/h2-16,24-25,31H,17H2,1H3,(H,28,33). The quantitative estimate of drug-likeness (QED) is 0.408. The van der Waals surface area contributed by atoms with Crippen molar-refractivity contribution >= 4 is 17.3 Å². The number of benzene rings is 2. The molecule has 4 aromatic rings. The van der Waals surface area contributed by atoms with Crippen LogP contribution in [0.4, 0.5) is 0 Å². The number of hydrogen-bond acceptors (Lipinski definition) is 4. The molecule has 3 heterocycles. The molecule has 1 aliphatic rings. The Labute approximate surface area is 198 Å². The topological polar surface area (TPSA) is 62.5 Å². The molecule has 2 aromatic heterocycles. The molecule has 0 saturated carbocycles. The number of thiocarbonyl (C=S) groups is 1. The molecule has 1 aliphatic heterocycles. The molecule has 0 spiro atoms. The van der Waals surface area contributed by atoms with Crippen LogP contribution in [0, 0.1) is 0 Å². The molecule has 2 atom stereocenters. The van der Waals surface area contributed by atoms with Crippen LogP contribution in [-0.2, 0) is 6.54 Å². The van der Waals surface area contributed by atoms with Crippen LogP contribution in [0.3, 0.4) is 0 Å². The fourth-order valence-corrected chi connectivity index (χ4v) is 4.61. The smallest absolute Gasteiger partial charge is 0.170 e. The minimum Gasteiger partial charge on any atom is -0.508 e. The Morgan fingerprint density at radius 1 is 1.00 bits per heavy atom. The van der Waals surface area contributed by atoms with Crippen molar-refractivity contribution in [1.29, 1.82) is 0 Å². The molecular weight excluding hydrogens is 432 g/mol. The number of nitrogens with zero attached hydrogens (tertiary/aromatic N) is 3. The van der Waals surface area contributed by atoms with Gasteiger partial charge in [0, 0.05) is 30.3 Å². The Morgan fingerprint density at radius 3 is 2.48 bits per heavy atom. The fraction of sp³-hybridized carbons (Fsp3) is 0.154. The Kier molecular flexibility index (Phi) is 5.71. The van der Waals surface area contributed by atoms with Crippen LogP contribution >= 0.6 is 12.2 Å². The highest BCUT2D eigenvalue weighted by Crippen LogP contribution is 2.40. The minimum absolute atomic E-state index is 0.0849. The van der Waals surface area contributed by atoms with E-state index in [4.69, 9.17) is 17.0 Å². The van der Waals surface area contributed by atoms with E-state index in [1.165, 1.54) is 0 Å². The monoisotopic (exact) mass is 456 g/mol. The minimum atomic E-state index is -0.109. The van der Waals surface area contributed by atoms with E-state index in [0.29, 0.717) is 11.7 Å². The molecule has 33 heavy (non-hydrogen) atoms. The van der Waals surface area contributed by atoms with Crippen LogP contribution < -0.4 is 10.1 Å². The molecule has 2 N–H and O–H groups in total. The molecule has 2 aromatic carbocycles. The van der Waals surface area contributed by atoms with E-state index in [-0.39, 0.29) is 17.8 Å². The molecule has 0 bridgehead atoms. The molecule has 166 valence electrons. The van der Waals surface area contributed by atoms with Crippen LogP contribution in [0.5, 0.6) is 11.5 Å². The van der Waals surface area contributed by atoms with Crippen molar-refractivity contribution in [2.45, 2.75) is 18.6 Å². The van der Waals surface area contributed by atoms with Gasteiger partial charge in [0.25, 0.3) is 0 Å². The summed E-state index contributed by atoms with van der Waals surface area (Å²) >= 11 is 5.81. The average molecular weight is 457 g/mol. The molecule has 2 unspecified atom stereocenters. The summed E-state index contributed by atoms with van der Waals surface area (Å²) in [5.74, 6) is 1.06. The van der Waals surface area contributed by atoms with E-state index in [1.807, 2.05) is 60.9 Å².